The van der Waals surface area contributed by atoms with Gasteiger partial charge in [0.05, 0.1) is 25.3 Å². The van der Waals surface area contributed by atoms with Crippen LogP contribution in [0.1, 0.15) is 36.5 Å². The van der Waals surface area contributed by atoms with Crippen molar-refractivity contribution in [3.8, 4) is 0 Å². The summed E-state index contributed by atoms with van der Waals surface area (Å²) in [5.41, 5.74) is 3.24. The largest absolute Gasteiger partial charge is 0.468 e. The molecule has 1 heterocycles. The molecular formula is C30H31N3O5S. The maximum atomic E-state index is 13.3. The second kappa shape index (κ2) is 13.1. The van der Waals surface area contributed by atoms with E-state index in [0.717, 1.165) is 21.6 Å². The van der Waals surface area contributed by atoms with E-state index in [1.54, 1.807) is 0 Å². The molecule has 0 saturated carbocycles. The summed E-state index contributed by atoms with van der Waals surface area (Å²) in [5, 5.41) is 8.84. The summed E-state index contributed by atoms with van der Waals surface area (Å²) in [6, 6.07) is 24.5. The van der Waals surface area contributed by atoms with Crippen LogP contribution in [0.3, 0.4) is 0 Å². The average Bonchev–Trinajstić information content (AvgIpc) is 2.94. The molecule has 0 aliphatic carbocycles. The fraction of sp³-hybridized carbons (Fsp3) is 0.267. The normalized spacial score (nSPS) is 13.9. The number of rotatable bonds is 10. The Bertz CT molecular complexity index is 1340. The van der Waals surface area contributed by atoms with Crippen molar-refractivity contribution in [1.29, 1.82) is 0 Å². The van der Waals surface area contributed by atoms with Gasteiger partial charge in [-0.05, 0) is 47.4 Å². The molecular weight excluding hydrogens is 514 g/mol. The lowest BCUT2D eigenvalue weighted by molar-refractivity contribution is -0.137. The minimum atomic E-state index is -0.377. The number of carbonyl (C=O) groups excluding carboxylic acids is 3. The molecule has 1 aliphatic heterocycles. The second-order valence-corrected chi connectivity index (χ2v) is 10.4. The van der Waals surface area contributed by atoms with Crippen LogP contribution < -0.4 is 5.32 Å². The van der Waals surface area contributed by atoms with Crippen LogP contribution in [0.4, 0.5) is 5.69 Å². The molecule has 4 rings (SSSR count). The molecule has 0 spiro atoms. The van der Waals surface area contributed by atoms with Gasteiger partial charge < -0.3 is 14.8 Å². The Hall–Kier alpha value is -4.11. The van der Waals surface area contributed by atoms with E-state index in [1.807, 2.05) is 92.7 Å². The quantitative estimate of drug-likeness (QED) is 0.283. The van der Waals surface area contributed by atoms with E-state index >= 15 is 0 Å². The van der Waals surface area contributed by atoms with E-state index in [2.05, 4.69) is 10.4 Å². The van der Waals surface area contributed by atoms with Gasteiger partial charge in [0, 0.05) is 16.1 Å². The summed E-state index contributed by atoms with van der Waals surface area (Å²) in [4.78, 5) is 38.1. The standard InChI is InChI=1S/C30H31N3O5S/c1-20(2)28(29(36)31-24-10-7-11-25(16-24)39-19-27(35)37-3)22-14-12-21(13-15-22)17-33-26(34)18-38-30(32-33)23-8-5-4-6-9-23/h4-16,20,28H,17-19H2,1-3H3,(H,31,36). The number of esters is 1. The number of thioether (sulfide) groups is 1. The summed E-state index contributed by atoms with van der Waals surface area (Å²) < 4.78 is 10.2. The van der Waals surface area contributed by atoms with Crippen molar-refractivity contribution in [2.24, 2.45) is 11.0 Å². The maximum Gasteiger partial charge on any atom is 0.315 e. The number of hydrogen-bond acceptors (Lipinski definition) is 7. The van der Waals surface area contributed by atoms with Crippen molar-refractivity contribution in [3.63, 3.8) is 0 Å². The summed E-state index contributed by atoms with van der Waals surface area (Å²) in [5.74, 6) is -0.359. The Balaban J connectivity index is 1.44. The lowest BCUT2D eigenvalue weighted by Gasteiger charge is -2.24. The molecule has 0 saturated heterocycles. The third kappa shape index (κ3) is 7.48. The first-order chi connectivity index (χ1) is 18.8. The van der Waals surface area contributed by atoms with Gasteiger partial charge in [-0.25, -0.2) is 5.01 Å². The number of nitrogens with zero attached hydrogens (tertiary/aromatic N) is 2. The number of benzene rings is 3. The highest BCUT2D eigenvalue weighted by Crippen LogP contribution is 2.28. The number of nitrogens with one attached hydrogen (secondary N) is 1. The topological polar surface area (TPSA) is 97.3 Å². The van der Waals surface area contributed by atoms with Gasteiger partial charge in [0.15, 0.2) is 6.61 Å². The predicted molar refractivity (Wildman–Crippen MR) is 151 cm³/mol. The molecule has 0 radical (unpaired) electrons. The van der Waals surface area contributed by atoms with Gasteiger partial charge in [-0.2, -0.15) is 0 Å². The molecule has 3 aromatic carbocycles. The van der Waals surface area contributed by atoms with Gasteiger partial charge in [0.2, 0.25) is 11.8 Å². The maximum absolute atomic E-state index is 13.3. The Morgan fingerprint density at radius 2 is 1.79 bits per heavy atom. The van der Waals surface area contributed by atoms with Crippen LogP contribution in [0.25, 0.3) is 0 Å². The summed E-state index contributed by atoms with van der Waals surface area (Å²) in [6.45, 7) is 4.25. The summed E-state index contributed by atoms with van der Waals surface area (Å²) in [6.07, 6.45) is 0. The van der Waals surface area contributed by atoms with Crippen LogP contribution in [0, 0.1) is 5.92 Å². The molecule has 8 nitrogen and oxygen atoms in total. The number of carbonyl (C=O) groups is 3. The van der Waals surface area contributed by atoms with E-state index in [-0.39, 0.29) is 42.0 Å². The smallest absolute Gasteiger partial charge is 0.315 e. The van der Waals surface area contributed by atoms with Crippen LogP contribution in [-0.4, -0.2) is 48.2 Å². The fourth-order valence-corrected chi connectivity index (χ4v) is 4.96. The van der Waals surface area contributed by atoms with E-state index < -0.39 is 0 Å². The number of hydrazone groups is 1. The first-order valence-corrected chi connectivity index (χ1v) is 13.6. The van der Waals surface area contributed by atoms with Gasteiger partial charge in [-0.3, -0.25) is 14.4 Å². The molecule has 3 aromatic rings. The van der Waals surface area contributed by atoms with Crippen LogP contribution in [0.15, 0.2) is 88.9 Å². The molecule has 39 heavy (non-hydrogen) atoms. The number of ether oxygens (including phenoxy) is 2. The third-order valence-electron chi connectivity index (χ3n) is 6.16. The van der Waals surface area contributed by atoms with E-state index in [0.29, 0.717) is 18.1 Å². The van der Waals surface area contributed by atoms with Gasteiger partial charge in [0.1, 0.15) is 0 Å². The molecule has 1 aliphatic rings. The lowest BCUT2D eigenvalue weighted by atomic mass is 9.87. The first-order valence-electron chi connectivity index (χ1n) is 12.6. The Morgan fingerprint density at radius 3 is 2.49 bits per heavy atom. The van der Waals surface area contributed by atoms with Crippen LogP contribution in [-0.2, 0) is 30.4 Å². The van der Waals surface area contributed by atoms with Gasteiger partial charge >= 0.3 is 5.97 Å². The number of hydrogen-bond donors (Lipinski definition) is 1. The number of methoxy groups -OCH3 is 1. The Morgan fingerprint density at radius 1 is 1.05 bits per heavy atom. The van der Waals surface area contributed by atoms with Gasteiger partial charge in [-0.1, -0.05) is 62.4 Å². The Kier molecular flexibility index (Phi) is 9.38. The Labute approximate surface area is 232 Å². The molecule has 0 aromatic heterocycles. The van der Waals surface area contributed by atoms with Crippen molar-refractivity contribution >= 4 is 41.1 Å². The molecule has 1 N–H and O–H groups in total. The van der Waals surface area contributed by atoms with E-state index in [4.69, 9.17) is 9.47 Å². The summed E-state index contributed by atoms with van der Waals surface area (Å²) in [7, 11) is 1.36. The van der Waals surface area contributed by atoms with Gasteiger partial charge in [0.25, 0.3) is 5.91 Å². The lowest BCUT2D eigenvalue weighted by Crippen LogP contribution is -2.36. The van der Waals surface area contributed by atoms with Crippen molar-refractivity contribution in [1.82, 2.24) is 5.01 Å². The molecule has 1 atom stereocenters. The highest BCUT2D eigenvalue weighted by Gasteiger charge is 2.26. The predicted octanol–water partition coefficient (Wildman–Crippen LogP) is 5.05. The van der Waals surface area contributed by atoms with Gasteiger partial charge in [-0.15, -0.1) is 16.9 Å². The molecule has 0 fully saturated rings. The van der Waals surface area contributed by atoms with Crippen molar-refractivity contribution < 1.29 is 23.9 Å². The van der Waals surface area contributed by atoms with E-state index in [9.17, 15) is 14.4 Å². The number of amides is 2. The SMILES string of the molecule is COC(=O)CSc1cccc(NC(=O)C(c2ccc(CN3N=C(c4ccccc4)OCC3=O)cc2)C(C)C)c1. The van der Waals surface area contributed by atoms with Crippen molar-refractivity contribution in [2.45, 2.75) is 31.2 Å². The van der Waals surface area contributed by atoms with Crippen molar-refractivity contribution in [3.05, 3.63) is 95.6 Å². The third-order valence-corrected chi connectivity index (χ3v) is 7.13. The highest BCUT2D eigenvalue weighted by molar-refractivity contribution is 8.00. The molecule has 9 heteroatoms. The molecule has 1 unspecified atom stereocenters. The number of anilines is 1. The zero-order valence-electron chi connectivity index (χ0n) is 22.1. The van der Waals surface area contributed by atoms with Crippen LogP contribution in [0.2, 0.25) is 0 Å². The molecule has 202 valence electrons. The average molecular weight is 546 g/mol. The van der Waals surface area contributed by atoms with Crippen LogP contribution >= 0.6 is 11.8 Å². The second-order valence-electron chi connectivity index (χ2n) is 9.36. The van der Waals surface area contributed by atoms with Crippen molar-refractivity contribution in [2.75, 3.05) is 24.8 Å². The highest BCUT2D eigenvalue weighted by atomic mass is 32.2. The minimum absolute atomic E-state index is 0.0478. The zero-order chi connectivity index (χ0) is 27.8. The zero-order valence-corrected chi connectivity index (χ0v) is 22.9. The fourth-order valence-electron chi connectivity index (χ4n) is 4.17. The first kappa shape index (κ1) is 27.9. The molecule has 2 amide bonds. The van der Waals surface area contributed by atoms with E-state index in [1.165, 1.54) is 23.9 Å². The summed E-state index contributed by atoms with van der Waals surface area (Å²) >= 11 is 1.35. The molecule has 0 bridgehead atoms. The minimum Gasteiger partial charge on any atom is -0.468 e. The monoisotopic (exact) mass is 545 g/mol. The van der Waals surface area contributed by atoms with Crippen LogP contribution in [0.5, 0.6) is 0 Å².